The Labute approximate surface area is 359 Å². The highest BCUT2D eigenvalue weighted by Crippen LogP contribution is 2.42. The van der Waals surface area contributed by atoms with Crippen LogP contribution in [0.1, 0.15) is 102 Å². The average Bonchev–Trinajstić information content (AvgIpc) is 3.62. The van der Waals surface area contributed by atoms with Crippen LogP contribution in [0.4, 0.5) is 29.5 Å². The number of ketones is 1. The molecule has 326 valence electrons. The number of nitrogens with zero attached hydrogens (tertiary/aromatic N) is 7. The van der Waals surface area contributed by atoms with Crippen LogP contribution < -0.4 is 15.1 Å². The lowest BCUT2D eigenvalue weighted by Crippen LogP contribution is -2.51. The second kappa shape index (κ2) is 17.5. The zero-order valence-corrected chi connectivity index (χ0v) is 36.1. The van der Waals surface area contributed by atoms with Gasteiger partial charge in [0, 0.05) is 56.6 Å². The molecule has 7 rings (SSSR count). The number of hydrogen-bond donors (Lipinski definition) is 1. The van der Waals surface area contributed by atoms with Crippen molar-refractivity contribution >= 4 is 63.4 Å². The van der Waals surface area contributed by atoms with Gasteiger partial charge in [0.1, 0.15) is 5.54 Å². The zero-order valence-electron chi connectivity index (χ0n) is 35.3. The number of nitriles is 1. The fourth-order valence-corrected chi connectivity index (χ4v) is 10.5. The molecule has 1 saturated carbocycles. The number of piperidine rings is 1. The van der Waals surface area contributed by atoms with Crippen molar-refractivity contribution in [2.45, 2.75) is 128 Å². The molecule has 4 fully saturated rings. The molecule has 1 aliphatic carbocycles. The van der Waals surface area contributed by atoms with Gasteiger partial charge in [0.05, 0.1) is 41.0 Å². The van der Waals surface area contributed by atoms with Crippen molar-refractivity contribution in [2.24, 2.45) is 13.0 Å². The number of nitrogens with one attached hydrogen (secondary N) is 1. The van der Waals surface area contributed by atoms with Crippen molar-refractivity contribution < 1.29 is 37.1 Å². The maximum Gasteiger partial charge on any atom is 0.417 e. The number of imide groups is 1. The molecule has 4 heterocycles. The van der Waals surface area contributed by atoms with Gasteiger partial charge in [-0.25, -0.2) is 4.79 Å². The van der Waals surface area contributed by atoms with E-state index in [0.29, 0.717) is 24.9 Å². The Hall–Kier alpha value is -4.92. The van der Waals surface area contributed by atoms with Crippen LogP contribution in [0.25, 0.3) is 10.9 Å². The van der Waals surface area contributed by atoms with Gasteiger partial charge >= 0.3 is 12.2 Å². The molecule has 1 unspecified atom stereocenters. The number of hydrogen-bond acceptors (Lipinski definition) is 9. The summed E-state index contributed by atoms with van der Waals surface area (Å²) in [5.41, 5.74) is -1.02. The number of ether oxygens (including phenoxy) is 1. The molecule has 1 aromatic heterocycles. The highest BCUT2D eigenvalue weighted by Gasteiger charge is 2.52. The van der Waals surface area contributed by atoms with Crippen LogP contribution in [0, 0.1) is 17.2 Å². The minimum atomic E-state index is -4.75. The SMILES string of the molecule is C[C@@H]1CC(OCCCC2CCC(N3C(=S)N(c4ccc(C#N)c(C(F)(F)F)c4)C(=O)C3(C)C)CC2)C[C@H](C)N1CC(=O)Cc1cccc2c(N3CCC(=O)NC3=O)nn(C)c12. The van der Waals surface area contributed by atoms with Gasteiger partial charge in [-0.05, 0) is 127 Å². The van der Waals surface area contributed by atoms with Crippen LogP contribution in [0.5, 0.6) is 0 Å². The second-order valence-electron chi connectivity index (χ2n) is 17.6. The fourth-order valence-electron chi connectivity index (χ4n) is 9.96. The Morgan fingerprint density at radius 3 is 2.43 bits per heavy atom. The van der Waals surface area contributed by atoms with Gasteiger partial charge in [0.2, 0.25) is 5.91 Å². The Morgan fingerprint density at radius 2 is 1.77 bits per heavy atom. The number of alkyl halides is 3. The first-order valence-corrected chi connectivity index (χ1v) is 21.5. The summed E-state index contributed by atoms with van der Waals surface area (Å²) in [5.74, 6) is 0.340. The molecule has 4 amide bonds. The first-order valence-electron chi connectivity index (χ1n) is 21.1. The van der Waals surface area contributed by atoms with Crippen molar-refractivity contribution in [3.05, 3.63) is 53.1 Å². The first-order chi connectivity index (χ1) is 28.9. The van der Waals surface area contributed by atoms with Gasteiger partial charge in [-0.15, -0.1) is 0 Å². The Kier molecular flexibility index (Phi) is 12.6. The second-order valence-corrected chi connectivity index (χ2v) is 17.9. The monoisotopic (exact) mass is 862 g/mol. The van der Waals surface area contributed by atoms with E-state index in [1.54, 1.807) is 31.6 Å². The number of carbonyl (C=O) groups is 4. The minimum absolute atomic E-state index is 0.00624. The number of halogens is 3. The normalized spacial score (nSPS) is 25.0. The molecule has 0 radical (unpaired) electrons. The predicted molar refractivity (Wildman–Crippen MR) is 227 cm³/mol. The Morgan fingerprint density at radius 1 is 1.07 bits per heavy atom. The predicted octanol–water partition coefficient (Wildman–Crippen LogP) is 7.03. The van der Waals surface area contributed by atoms with E-state index < -0.39 is 34.8 Å². The van der Waals surface area contributed by atoms with Gasteiger partial charge in [-0.1, -0.05) is 12.1 Å². The lowest BCUT2D eigenvalue weighted by Gasteiger charge is -2.42. The van der Waals surface area contributed by atoms with E-state index in [-0.39, 0.29) is 66.1 Å². The molecule has 0 spiro atoms. The largest absolute Gasteiger partial charge is 0.417 e. The summed E-state index contributed by atoms with van der Waals surface area (Å²) in [7, 11) is 1.79. The molecule has 17 heteroatoms. The van der Waals surface area contributed by atoms with E-state index in [9.17, 15) is 37.6 Å². The number of aromatic nitrogens is 2. The molecule has 1 N–H and O–H groups in total. The van der Waals surface area contributed by atoms with Crippen molar-refractivity contribution in [2.75, 3.05) is 29.5 Å². The van der Waals surface area contributed by atoms with Gasteiger partial charge in [0.25, 0.3) is 5.91 Å². The van der Waals surface area contributed by atoms with Crippen LogP contribution in [0.15, 0.2) is 36.4 Å². The molecule has 4 aliphatic rings. The first kappa shape index (κ1) is 44.1. The minimum Gasteiger partial charge on any atom is -0.378 e. The average molecular weight is 863 g/mol. The summed E-state index contributed by atoms with van der Waals surface area (Å²) in [5, 5.41) is 17.1. The summed E-state index contributed by atoms with van der Waals surface area (Å²) in [4.78, 5) is 58.3. The molecule has 3 saturated heterocycles. The van der Waals surface area contributed by atoms with Crippen LogP contribution in [0.2, 0.25) is 0 Å². The quantitative estimate of drug-likeness (QED) is 0.149. The molecule has 61 heavy (non-hydrogen) atoms. The standard InChI is InChI=1S/C44H53F3N8O5S/c1-26-20-34(21-27(2)53(26)25-33(56)22-29-9-6-10-35-38(29)51(5)50-39(35)52-18-17-37(57)49-41(52)59)60-19-7-8-28-11-14-31(15-12-28)55-42(61)54(40(58)43(55,3)4)32-16-13-30(24-48)36(23-32)44(45,46)47/h6,9-10,13,16,23,26-28,31,34H,7-8,11-12,14-15,17-22,25H2,1-5H3,(H,49,57,59)/t26-,27+,28?,31?,34?. The number of benzene rings is 2. The van der Waals surface area contributed by atoms with Crippen LogP contribution >= 0.6 is 12.2 Å². The molecule has 3 atom stereocenters. The summed E-state index contributed by atoms with van der Waals surface area (Å²) in [6.07, 6.45) is 2.83. The zero-order chi connectivity index (χ0) is 44.0. The number of para-hydroxylation sites is 1. The van der Waals surface area contributed by atoms with E-state index in [1.807, 2.05) is 23.1 Å². The Balaban J connectivity index is 0.861. The van der Waals surface area contributed by atoms with Crippen LogP contribution in [-0.2, 0) is 38.8 Å². The molecule has 2 aromatic carbocycles. The van der Waals surface area contributed by atoms with E-state index in [1.165, 1.54) is 15.9 Å². The maximum atomic E-state index is 13.8. The fraction of sp³-hybridized carbons (Fsp3) is 0.568. The number of rotatable bonds is 12. The number of Topliss-reactive ketones (excluding diaryl/α,β-unsaturated/α-hetero) is 1. The summed E-state index contributed by atoms with van der Waals surface area (Å²) >= 11 is 5.77. The maximum absolute atomic E-state index is 13.8. The number of anilines is 2. The van der Waals surface area contributed by atoms with E-state index in [4.69, 9.17) is 17.0 Å². The van der Waals surface area contributed by atoms with E-state index in [0.717, 1.165) is 80.0 Å². The lowest BCUT2D eigenvalue weighted by atomic mass is 9.82. The van der Waals surface area contributed by atoms with Gasteiger partial charge in [0.15, 0.2) is 16.7 Å². The molecular formula is C44H53F3N8O5S. The molecular weight excluding hydrogens is 810 g/mol. The summed E-state index contributed by atoms with van der Waals surface area (Å²) in [6, 6.07) is 10.3. The van der Waals surface area contributed by atoms with Gasteiger partial charge in [-0.2, -0.15) is 23.5 Å². The number of carbonyl (C=O) groups excluding carboxylic acids is 4. The third kappa shape index (κ3) is 8.90. The summed E-state index contributed by atoms with van der Waals surface area (Å²) in [6.45, 7) is 9.01. The molecule has 0 bridgehead atoms. The van der Waals surface area contributed by atoms with Crippen molar-refractivity contribution in [1.29, 1.82) is 5.26 Å². The topological polar surface area (TPSA) is 144 Å². The Bertz CT molecular complexity index is 2250. The van der Waals surface area contributed by atoms with Crippen LogP contribution in [0.3, 0.4) is 0 Å². The summed E-state index contributed by atoms with van der Waals surface area (Å²) < 4.78 is 49.4. The highest BCUT2D eigenvalue weighted by molar-refractivity contribution is 7.80. The number of aryl methyl sites for hydroxylation is 1. The number of likely N-dealkylation sites (tertiary alicyclic amines) is 1. The third-order valence-electron chi connectivity index (χ3n) is 13.0. The number of amides is 4. The van der Waals surface area contributed by atoms with Gasteiger partial charge in [-0.3, -0.25) is 39.1 Å². The van der Waals surface area contributed by atoms with Crippen molar-refractivity contribution in [1.82, 2.24) is 24.9 Å². The highest BCUT2D eigenvalue weighted by atomic mass is 32.1. The lowest BCUT2D eigenvalue weighted by molar-refractivity contribution is -0.137. The molecule has 3 aromatic rings. The smallest absolute Gasteiger partial charge is 0.378 e. The van der Waals surface area contributed by atoms with Gasteiger partial charge < -0.3 is 9.64 Å². The van der Waals surface area contributed by atoms with Crippen molar-refractivity contribution in [3.8, 4) is 6.07 Å². The van der Waals surface area contributed by atoms with Crippen molar-refractivity contribution in [3.63, 3.8) is 0 Å². The molecule has 13 nitrogen and oxygen atoms in total. The number of fused-ring (bicyclic) bond motifs is 1. The van der Waals surface area contributed by atoms with E-state index in [2.05, 4.69) is 29.2 Å². The number of urea groups is 1. The van der Waals surface area contributed by atoms with E-state index >= 15 is 0 Å². The van der Waals surface area contributed by atoms with Crippen LogP contribution in [-0.4, -0.2) is 97.8 Å². The third-order valence-corrected chi connectivity index (χ3v) is 13.4. The molecule has 3 aliphatic heterocycles. The number of thiocarbonyl (C=S) groups is 1.